The highest BCUT2D eigenvalue weighted by molar-refractivity contribution is 6.03. The number of hydrogen-bond acceptors (Lipinski definition) is 5. The van der Waals surface area contributed by atoms with Crippen molar-refractivity contribution in [1.82, 2.24) is 4.90 Å². The average molecular weight is 517 g/mol. The van der Waals surface area contributed by atoms with Gasteiger partial charge in [-0.3, -0.25) is 9.79 Å². The maximum Gasteiger partial charge on any atom is 0.256 e. The molecule has 0 bridgehead atoms. The Balaban J connectivity index is 1.07. The van der Waals surface area contributed by atoms with Gasteiger partial charge in [0.2, 0.25) is 0 Å². The number of aliphatic imine (C=N–C) groups is 1. The van der Waals surface area contributed by atoms with Crippen molar-refractivity contribution in [3.05, 3.63) is 77.1 Å². The number of hydrogen-bond donors (Lipinski definition) is 0. The number of amides is 1. The highest BCUT2D eigenvalue weighted by atomic mass is 19.1. The van der Waals surface area contributed by atoms with Gasteiger partial charge in [0.1, 0.15) is 17.2 Å². The smallest absolute Gasteiger partial charge is 0.256 e. The molecule has 6 nitrogen and oxygen atoms in total. The molecule has 7 heteroatoms. The number of aryl methyl sites for hydroxylation is 2. The molecule has 3 aromatic rings. The van der Waals surface area contributed by atoms with E-state index in [9.17, 15) is 9.18 Å². The zero-order valence-electron chi connectivity index (χ0n) is 21.9. The van der Waals surface area contributed by atoms with Crippen LogP contribution in [-0.2, 0) is 0 Å². The summed E-state index contributed by atoms with van der Waals surface area (Å²) >= 11 is 0. The third-order valence-electron chi connectivity index (χ3n) is 6.94. The monoisotopic (exact) mass is 516 g/mol. The molecule has 1 saturated heterocycles. The summed E-state index contributed by atoms with van der Waals surface area (Å²) in [6, 6.07) is 15.9. The van der Waals surface area contributed by atoms with E-state index < -0.39 is 5.82 Å². The summed E-state index contributed by atoms with van der Waals surface area (Å²) in [7, 11) is 0. The number of fused-ring (bicyclic) bond motifs is 2. The van der Waals surface area contributed by atoms with Gasteiger partial charge < -0.3 is 19.1 Å². The largest absolute Gasteiger partial charge is 0.493 e. The van der Waals surface area contributed by atoms with Crippen molar-refractivity contribution < 1.29 is 23.4 Å². The Kier molecular flexibility index (Phi) is 7.91. The van der Waals surface area contributed by atoms with E-state index in [1.807, 2.05) is 61.4 Å². The lowest BCUT2D eigenvalue weighted by Crippen LogP contribution is -2.35. The first-order chi connectivity index (χ1) is 18.5. The standard InChI is InChI=1S/C31H33FN2O4/c1-21-8-10-24(11-9-21)38-30-18-25(12-13-27(30)32)36-15-4-3-5-16-37-29-19-28-26(17-22(29)2)31(35)34-14-6-7-23(34)20-33-28/h8-13,17-20,23H,3-7,14-16H2,1-2H3/t23-/m0/s1. The fourth-order valence-electron chi connectivity index (χ4n) is 4.77. The Hall–Kier alpha value is -3.87. The zero-order chi connectivity index (χ0) is 26.5. The summed E-state index contributed by atoms with van der Waals surface area (Å²) in [6.45, 7) is 5.83. The fraction of sp³-hybridized carbons (Fsp3) is 0.355. The normalized spacial score (nSPS) is 16.1. The van der Waals surface area contributed by atoms with Gasteiger partial charge in [0.15, 0.2) is 11.6 Å². The summed E-state index contributed by atoms with van der Waals surface area (Å²) in [5.41, 5.74) is 3.39. The van der Waals surface area contributed by atoms with Crippen molar-refractivity contribution in [2.45, 2.75) is 52.0 Å². The van der Waals surface area contributed by atoms with Crippen LogP contribution in [0.5, 0.6) is 23.0 Å². The first kappa shape index (κ1) is 25.8. The Morgan fingerprint density at radius 1 is 0.921 bits per heavy atom. The number of rotatable bonds is 10. The van der Waals surface area contributed by atoms with Gasteiger partial charge in [-0.05, 0) is 81.8 Å². The number of carbonyl (C=O) groups is 1. The van der Waals surface area contributed by atoms with Crippen LogP contribution in [0.3, 0.4) is 0 Å². The maximum atomic E-state index is 14.2. The van der Waals surface area contributed by atoms with Crippen LogP contribution in [0.2, 0.25) is 0 Å². The Labute approximate surface area is 223 Å². The lowest BCUT2D eigenvalue weighted by molar-refractivity contribution is 0.0774. The van der Waals surface area contributed by atoms with Gasteiger partial charge in [0.05, 0.1) is 30.5 Å². The molecule has 0 unspecified atom stereocenters. The molecule has 5 rings (SSSR count). The molecule has 1 fully saturated rings. The molecule has 0 N–H and O–H groups in total. The summed E-state index contributed by atoms with van der Waals surface area (Å²) < 4.78 is 31.7. The van der Waals surface area contributed by atoms with Crippen molar-refractivity contribution >= 4 is 17.8 Å². The van der Waals surface area contributed by atoms with E-state index in [-0.39, 0.29) is 17.7 Å². The van der Waals surface area contributed by atoms with Crippen LogP contribution < -0.4 is 14.2 Å². The second-order valence-electron chi connectivity index (χ2n) is 9.89. The molecule has 1 amide bonds. The second-order valence-corrected chi connectivity index (χ2v) is 9.89. The summed E-state index contributed by atoms with van der Waals surface area (Å²) in [5, 5.41) is 0. The van der Waals surface area contributed by atoms with Crippen LogP contribution in [0, 0.1) is 19.7 Å². The number of ether oxygens (including phenoxy) is 3. The van der Waals surface area contributed by atoms with Gasteiger partial charge in [0, 0.05) is 24.9 Å². The average Bonchev–Trinajstić information content (AvgIpc) is 3.35. The van der Waals surface area contributed by atoms with E-state index in [1.165, 1.54) is 6.07 Å². The lowest BCUT2D eigenvalue weighted by atomic mass is 10.1. The minimum Gasteiger partial charge on any atom is -0.493 e. The van der Waals surface area contributed by atoms with Gasteiger partial charge in [-0.1, -0.05) is 17.7 Å². The number of benzene rings is 3. The van der Waals surface area contributed by atoms with Crippen molar-refractivity contribution in [2.24, 2.45) is 4.99 Å². The van der Waals surface area contributed by atoms with Crippen LogP contribution in [0.25, 0.3) is 0 Å². The third kappa shape index (κ3) is 5.98. The van der Waals surface area contributed by atoms with E-state index in [0.717, 1.165) is 55.5 Å². The first-order valence-electron chi connectivity index (χ1n) is 13.3. The van der Waals surface area contributed by atoms with Gasteiger partial charge in [0.25, 0.3) is 5.91 Å². The molecule has 0 spiro atoms. The molecule has 38 heavy (non-hydrogen) atoms. The molecule has 0 saturated carbocycles. The molecular formula is C31H33FN2O4. The third-order valence-corrected chi connectivity index (χ3v) is 6.94. The summed E-state index contributed by atoms with van der Waals surface area (Å²) in [4.78, 5) is 19.5. The highest BCUT2D eigenvalue weighted by Gasteiger charge is 2.32. The van der Waals surface area contributed by atoms with Gasteiger partial charge >= 0.3 is 0 Å². The van der Waals surface area contributed by atoms with E-state index in [4.69, 9.17) is 14.2 Å². The predicted octanol–water partition coefficient (Wildman–Crippen LogP) is 7.18. The molecule has 3 aromatic carbocycles. The topological polar surface area (TPSA) is 60.4 Å². The zero-order valence-corrected chi connectivity index (χ0v) is 21.9. The maximum absolute atomic E-state index is 14.2. The Morgan fingerprint density at radius 3 is 2.50 bits per heavy atom. The fourth-order valence-corrected chi connectivity index (χ4v) is 4.77. The van der Waals surface area contributed by atoms with Gasteiger partial charge in [-0.25, -0.2) is 4.39 Å². The number of unbranched alkanes of at least 4 members (excludes halogenated alkanes) is 2. The molecule has 2 aliphatic rings. The summed E-state index contributed by atoms with van der Waals surface area (Å²) in [6.07, 6.45) is 6.52. The SMILES string of the molecule is Cc1ccc(Oc2cc(OCCCCCOc3cc4c(cc3C)C(=O)N3CCC[C@H]3C=N4)ccc2F)cc1. The highest BCUT2D eigenvalue weighted by Crippen LogP contribution is 2.34. The lowest BCUT2D eigenvalue weighted by Gasteiger charge is -2.20. The number of nitrogens with zero attached hydrogens (tertiary/aromatic N) is 2. The van der Waals surface area contributed by atoms with Gasteiger partial charge in [-0.2, -0.15) is 0 Å². The van der Waals surface area contributed by atoms with Crippen LogP contribution >= 0.6 is 0 Å². The van der Waals surface area contributed by atoms with Crippen LogP contribution in [0.4, 0.5) is 10.1 Å². The van der Waals surface area contributed by atoms with Crippen molar-refractivity contribution in [3.63, 3.8) is 0 Å². The van der Waals surface area contributed by atoms with E-state index >= 15 is 0 Å². The molecule has 0 aromatic heterocycles. The first-order valence-corrected chi connectivity index (χ1v) is 13.3. The second kappa shape index (κ2) is 11.7. The molecule has 0 aliphatic carbocycles. The van der Waals surface area contributed by atoms with Crippen LogP contribution in [-0.4, -0.2) is 42.8 Å². The number of halogens is 1. The van der Waals surface area contributed by atoms with Crippen molar-refractivity contribution in [3.8, 4) is 23.0 Å². The summed E-state index contributed by atoms with van der Waals surface area (Å²) in [5.74, 6) is 1.68. The quantitative estimate of drug-likeness (QED) is 0.268. The molecular weight excluding hydrogens is 483 g/mol. The molecule has 198 valence electrons. The van der Waals surface area contributed by atoms with E-state index in [2.05, 4.69) is 4.99 Å². The van der Waals surface area contributed by atoms with E-state index in [1.54, 1.807) is 12.1 Å². The van der Waals surface area contributed by atoms with Crippen molar-refractivity contribution in [2.75, 3.05) is 19.8 Å². The van der Waals surface area contributed by atoms with Gasteiger partial charge in [-0.15, -0.1) is 0 Å². The van der Waals surface area contributed by atoms with Crippen LogP contribution in [0.1, 0.15) is 53.6 Å². The predicted molar refractivity (Wildman–Crippen MR) is 146 cm³/mol. The molecule has 0 radical (unpaired) electrons. The van der Waals surface area contributed by atoms with Crippen molar-refractivity contribution in [1.29, 1.82) is 0 Å². The Morgan fingerprint density at radius 2 is 1.68 bits per heavy atom. The van der Waals surface area contributed by atoms with Crippen LogP contribution in [0.15, 0.2) is 59.6 Å². The minimum atomic E-state index is -0.432. The number of carbonyl (C=O) groups excluding carboxylic acids is 1. The molecule has 2 heterocycles. The van der Waals surface area contributed by atoms with E-state index in [0.29, 0.717) is 36.0 Å². The Bertz CT molecular complexity index is 1320. The molecule has 2 aliphatic heterocycles. The minimum absolute atomic E-state index is 0.0598. The molecule has 1 atom stereocenters.